The first kappa shape index (κ1) is 10.9. The highest BCUT2D eigenvalue weighted by Crippen LogP contribution is 2.37. The summed E-state index contributed by atoms with van der Waals surface area (Å²) in [5.74, 6) is -1.69. The van der Waals surface area contributed by atoms with Crippen LogP contribution in [0.15, 0.2) is 0 Å². The van der Waals surface area contributed by atoms with Gasteiger partial charge in [0.25, 0.3) is 5.91 Å². The Hall–Kier alpha value is -1.56. The number of amides is 1. The molecule has 1 amide bonds. The lowest BCUT2D eigenvalue weighted by Crippen LogP contribution is -2.23. The third kappa shape index (κ3) is 1.65. The number of aliphatic carboxylic acids is 1. The first-order valence-corrected chi connectivity index (χ1v) is 5.75. The Morgan fingerprint density at radius 3 is 2.69 bits per heavy atom. The summed E-state index contributed by atoms with van der Waals surface area (Å²) in [4.78, 5) is 23.0. The van der Waals surface area contributed by atoms with Crippen LogP contribution in [0.5, 0.6) is 0 Å². The minimum absolute atomic E-state index is 0.369. The minimum atomic E-state index is -0.793. The third-order valence-corrected chi connectivity index (χ3v) is 3.97. The molecule has 0 bridgehead atoms. The highest BCUT2D eigenvalue weighted by molar-refractivity contribution is 7.16. The van der Waals surface area contributed by atoms with Crippen molar-refractivity contribution in [2.75, 3.05) is 5.73 Å². The molecule has 6 heteroatoms. The van der Waals surface area contributed by atoms with E-state index < -0.39 is 11.9 Å². The van der Waals surface area contributed by atoms with Crippen LogP contribution in [0, 0.1) is 5.92 Å². The molecule has 0 saturated carbocycles. The zero-order chi connectivity index (χ0) is 11.9. The Kier molecular flexibility index (Phi) is 2.59. The van der Waals surface area contributed by atoms with E-state index in [-0.39, 0.29) is 5.92 Å². The van der Waals surface area contributed by atoms with E-state index in [2.05, 4.69) is 0 Å². The molecule has 0 aliphatic heterocycles. The molecule has 0 radical (unpaired) electrons. The van der Waals surface area contributed by atoms with E-state index >= 15 is 0 Å². The second kappa shape index (κ2) is 3.79. The lowest BCUT2D eigenvalue weighted by molar-refractivity contribution is -0.142. The molecule has 0 aromatic carbocycles. The molecule has 0 fully saturated rings. The summed E-state index contributed by atoms with van der Waals surface area (Å²) in [6.45, 7) is 0. The first-order chi connectivity index (χ1) is 7.50. The van der Waals surface area contributed by atoms with Crippen LogP contribution in [0.3, 0.4) is 0 Å². The molecular formula is C10H12N2O3S. The van der Waals surface area contributed by atoms with Crippen LogP contribution in [0.2, 0.25) is 0 Å². The van der Waals surface area contributed by atoms with E-state index in [1.807, 2.05) is 0 Å². The molecule has 5 N–H and O–H groups in total. The smallest absolute Gasteiger partial charge is 0.306 e. The van der Waals surface area contributed by atoms with Gasteiger partial charge < -0.3 is 16.6 Å². The zero-order valence-corrected chi connectivity index (χ0v) is 9.34. The summed E-state index contributed by atoms with van der Waals surface area (Å²) in [6, 6.07) is 0. The first-order valence-electron chi connectivity index (χ1n) is 4.93. The van der Waals surface area contributed by atoms with Crippen LogP contribution in [0.25, 0.3) is 0 Å². The fourth-order valence-electron chi connectivity index (χ4n) is 2.09. The van der Waals surface area contributed by atoms with Crippen molar-refractivity contribution < 1.29 is 14.7 Å². The molecule has 1 heterocycles. The number of carbonyl (C=O) groups is 2. The Bertz CT molecular complexity index is 467. The van der Waals surface area contributed by atoms with Crippen LogP contribution in [-0.2, 0) is 17.6 Å². The number of carbonyl (C=O) groups excluding carboxylic acids is 1. The van der Waals surface area contributed by atoms with Gasteiger partial charge in [-0.3, -0.25) is 9.59 Å². The molecule has 1 atom stereocenters. The highest BCUT2D eigenvalue weighted by Gasteiger charge is 2.30. The SMILES string of the molecule is NC(=O)c1c(N)sc2c1CCC(C(=O)O)C2. The van der Waals surface area contributed by atoms with Crippen molar-refractivity contribution in [1.29, 1.82) is 0 Å². The van der Waals surface area contributed by atoms with Gasteiger partial charge in [0, 0.05) is 4.88 Å². The molecule has 1 unspecified atom stereocenters. The predicted molar refractivity (Wildman–Crippen MR) is 60.4 cm³/mol. The summed E-state index contributed by atoms with van der Waals surface area (Å²) in [5.41, 5.74) is 12.2. The summed E-state index contributed by atoms with van der Waals surface area (Å²) < 4.78 is 0. The van der Waals surface area contributed by atoms with Crippen molar-refractivity contribution in [1.82, 2.24) is 0 Å². The van der Waals surface area contributed by atoms with E-state index in [1.54, 1.807) is 0 Å². The second-order valence-corrected chi connectivity index (χ2v) is 5.02. The monoisotopic (exact) mass is 240 g/mol. The van der Waals surface area contributed by atoms with Crippen LogP contribution < -0.4 is 11.5 Å². The van der Waals surface area contributed by atoms with Gasteiger partial charge in [0.1, 0.15) is 0 Å². The van der Waals surface area contributed by atoms with Gasteiger partial charge in [-0.1, -0.05) is 0 Å². The van der Waals surface area contributed by atoms with Gasteiger partial charge in [-0.05, 0) is 24.8 Å². The van der Waals surface area contributed by atoms with Crippen molar-refractivity contribution in [3.63, 3.8) is 0 Å². The number of nitrogen functional groups attached to an aromatic ring is 1. The largest absolute Gasteiger partial charge is 0.481 e. The van der Waals surface area contributed by atoms with Crippen molar-refractivity contribution >= 4 is 28.2 Å². The van der Waals surface area contributed by atoms with Gasteiger partial charge in [-0.25, -0.2) is 0 Å². The highest BCUT2D eigenvalue weighted by atomic mass is 32.1. The number of carboxylic acids is 1. The van der Waals surface area contributed by atoms with Gasteiger partial charge in [-0.15, -0.1) is 11.3 Å². The third-order valence-electron chi connectivity index (χ3n) is 2.89. The average Bonchev–Trinajstić information content (AvgIpc) is 2.51. The molecule has 0 spiro atoms. The Morgan fingerprint density at radius 1 is 1.44 bits per heavy atom. The van der Waals surface area contributed by atoms with Crippen LogP contribution in [0.4, 0.5) is 5.00 Å². The van der Waals surface area contributed by atoms with Crippen LogP contribution in [0.1, 0.15) is 27.2 Å². The number of nitrogens with two attached hydrogens (primary N) is 2. The van der Waals surface area contributed by atoms with E-state index in [4.69, 9.17) is 16.6 Å². The molecule has 1 aromatic rings. The molecule has 86 valence electrons. The van der Waals surface area contributed by atoms with Crippen molar-refractivity contribution in [3.05, 3.63) is 16.0 Å². The summed E-state index contributed by atoms with van der Waals surface area (Å²) in [7, 11) is 0. The van der Waals surface area contributed by atoms with E-state index in [1.165, 1.54) is 11.3 Å². The maximum absolute atomic E-state index is 11.2. The Morgan fingerprint density at radius 2 is 2.12 bits per heavy atom. The number of primary amides is 1. The van der Waals surface area contributed by atoms with Gasteiger partial charge in [-0.2, -0.15) is 0 Å². The van der Waals surface area contributed by atoms with Gasteiger partial charge in [0.15, 0.2) is 0 Å². The van der Waals surface area contributed by atoms with E-state index in [0.717, 1.165) is 10.4 Å². The number of anilines is 1. The number of hydrogen-bond acceptors (Lipinski definition) is 4. The van der Waals surface area contributed by atoms with E-state index in [9.17, 15) is 9.59 Å². The number of hydrogen-bond donors (Lipinski definition) is 3. The molecule has 1 aliphatic carbocycles. The van der Waals surface area contributed by atoms with Gasteiger partial charge >= 0.3 is 5.97 Å². The summed E-state index contributed by atoms with van der Waals surface area (Å²) in [5, 5.41) is 9.34. The number of fused-ring (bicyclic) bond motifs is 1. The summed E-state index contributed by atoms with van der Waals surface area (Å²) >= 11 is 1.28. The lowest BCUT2D eigenvalue weighted by atomic mass is 9.87. The van der Waals surface area contributed by atoms with Gasteiger partial charge in [0.05, 0.1) is 16.5 Å². The maximum atomic E-state index is 11.2. The topological polar surface area (TPSA) is 106 Å². The normalized spacial score (nSPS) is 19.1. The van der Waals surface area contributed by atoms with Crippen molar-refractivity contribution in [2.24, 2.45) is 11.7 Å². The van der Waals surface area contributed by atoms with Crippen molar-refractivity contribution in [3.8, 4) is 0 Å². The van der Waals surface area contributed by atoms with Crippen LogP contribution >= 0.6 is 11.3 Å². The quantitative estimate of drug-likeness (QED) is 0.704. The van der Waals surface area contributed by atoms with Gasteiger partial charge in [0.2, 0.25) is 0 Å². The fraction of sp³-hybridized carbons (Fsp3) is 0.400. The molecule has 5 nitrogen and oxygen atoms in total. The number of carboxylic acid groups (broad SMARTS) is 1. The minimum Gasteiger partial charge on any atom is -0.481 e. The molecule has 1 aromatic heterocycles. The Labute approximate surface area is 96.1 Å². The Balaban J connectivity index is 2.39. The predicted octanol–water partition coefficient (Wildman–Crippen LogP) is 0.619. The second-order valence-electron chi connectivity index (χ2n) is 3.89. The van der Waals surface area contributed by atoms with Crippen molar-refractivity contribution in [2.45, 2.75) is 19.3 Å². The number of rotatable bonds is 2. The lowest BCUT2D eigenvalue weighted by Gasteiger charge is -2.18. The molecule has 1 aliphatic rings. The fourth-order valence-corrected chi connectivity index (χ4v) is 3.29. The molecule has 0 saturated heterocycles. The summed E-state index contributed by atoms with van der Waals surface area (Å²) in [6.07, 6.45) is 1.56. The zero-order valence-electron chi connectivity index (χ0n) is 8.53. The molecule has 2 rings (SSSR count). The average molecular weight is 240 g/mol. The standard InChI is InChI=1S/C10H12N2O3S/c11-8(13)7-5-2-1-4(10(14)15)3-6(5)16-9(7)12/h4H,1-3,12H2,(H2,11,13)(H,14,15). The van der Waals surface area contributed by atoms with E-state index in [0.29, 0.717) is 29.8 Å². The maximum Gasteiger partial charge on any atom is 0.306 e. The van der Waals surface area contributed by atoms with Crippen LogP contribution in [-0.4, -0.2) is 17.0 Å². The number of thiophene rings is 1. The molecule has 16 heavy (non-hydrogen) atoms. The molecular weight excluding hydrogens is 228 g/mol.